The molecule has 4 amide bonds. The molecule has 5 atom stereocenters. The van der Waals surface area contributed by atoms with Crippen molar-refractivity contribution in [3.8, 4) is 0 Å². The van der Waals surface area contributed by atoms with E-state index < -0.39 is 64.8 Å². The molecule has 3 heterocycles. The fraction of sp³-hybridized carbons (Fsp3) is 0.618. The number of carbonyl (C=O) groups excluding carboxylic acids is 5. The van der Waals surface area contributed by atoms with Crippen molar-refractivity contribution in [1.82, 2.24) is 26.3 Å². The van der Waals surface area contributed by atoms with Crippen LogP contribution < -0.4 is 21.4 Å². The summed E-state index contributed by atoms with van der Waals surface area (Å²) in [5.74, 6) is -3.03. The fourth-order valence-electron chi connectivity index (χ4n) is 6.17. The fourth-order valence-corrected chi connectivity index (χ4v) is 6.17. The molecule has 5 rings (SSSR count). The Morgan fingerprint density at radius 3 is 2.52 bits per heavy atom. The Morgan fingerprint density at radius 1 is 1.15 bits per heavy atom. The molecule has 4 N–H and O–H groups in total. The van der Waals surface area contributed by atoms with Crippen LogP contribution in [0.25, 0.3) is 5.70 Å². The molecule has 1 aliphatic carbocycles. The molecule has 1 aromatic rings. The van der Waals surface area contributed by atoms with Gasteiger partial charge >= 0.3 is 6.09 Å². The number of amides is 4. The summed E-state index contributed by atoms with van der Waals surface area (Å²) >= 11 is 0. The quantitative estimate of drug-likeness (QED) is 0.259. The maximum Gasteiger partial charge on any atom is 0.408 e. The van der Waals surface area contributed by atoms with Crippen LogP contribution in [0.1, 0.15) is 77.3 Å². The van der Waals surface area contributed by atoms with Gasteiger partial charge in [0.25, 0.3) is 5.91 Å². The summed E-state index contributed by atoms with van der Waals surface area (Å²) in [7, 11) is 0. The second-order valence-electron chi connectivity index (χ2n) is 14.3. The average Bonchev–Trinajstić information content (AvgIpc) is 3.38. The lowest BCUT2D eigenvalue weighted by Gasteiger charge is -2.35. The minimum Gasteiger partial charge on any atom is -0.444 e. The minimum atomic E-state index is -1.17. The number of likely N-dealkylation sites (tertiary alicyclic amines) is 1. The van der Waals surface area contributed by atoms with E-state index >= 15 is 0 Å². The zero-order chi connectivity index (χ0) is 34.8. The maximum absolute atomic E-state index is 14.4. The second-order valence-corrected chi connectivity index (χ2v) is 14.3. The third kappa shape index (κ3) is 8.15. The third-order valence-corrected chi connectivity index (χ3v) is 9.06. The van der Waals surface area contributed by atoms with Gasteiger partial charge in [-0.05, 0) is 61.4 Å². The van der Waals surface area contributed by atoms with E-state index in [0.29, 0.717) is 36.3 Å². The van der Waals surface area contributed by atoms with Crippen molar-refractivity contribution in [2.75, 3.05) is 19.8 Å². The maximum atomic E-state index is 14.4. The standard InChI is InChI=1S/C34H46FN5O8/c1-6-7-24(27(41)30(43)36-21-9-10-21)37-29(42)26-16-34(15-25(39-48-34)20-8-11-23(35)19(2)14-20)18-40(26)31(44)28(33(3,4)5)38-32(45)47-22-12-13-46-17-22/h8,11,14-15,21-22,24,26,28,39H,6-7,9-10,12-13,16-18H2,1-5H3,(H,36,43)(H,37,42)(H,38,45)/t22-,24-,26-,28+,34+/m0/s1. The average molecular weight is 672 g/mol. The molecule has 1 aromatic carbocycles. The van der Waals surface area contributed by atoms with E-state index in [1.807, 2.05) is 6.92 Å². The number of carbonyl (C=O) groups is 5. The third-order valence-electron chi connectivity index (χ3n) is 9.06. The number of benzene rings is 1. The summed E-state index contributed by atoms with van der Waals surface area (Å²) in [4.78, 5) is 74.6. The highest BCUT2D eigenvalue weighted by Gasteiger charge is 2.54. The van der Waals surface area contributed by atoms with E-state index in [1.54, 1.807) is 45.9 Å². The van der Waals surface area contributed by atoms with Gasteiger partial charge in [0.1, 0.15) is 29.6 Å². The van der Waals surface area contributed by atoms with Crippen LogP contribution in [0.2, 0.25) is 0 Å². The van der Waals surface area contributed by atoms with Crippen molar-refractivity contribution in [3.63, 3.8) is 0 Å². The number of halogens is 1. The molecule has 262 valence electrons. The number of aryl methyl sites for hydroxylation is 1. The summed E-state index contributed by atoms with van der Waals surface area (Å²) in [6.45, 7) is 9.49. The molecule has 13 nitrogen and oxygen atoms in total. The largest absolute Gasteiger partial charge is 0.444 e. The zero-order valence-electron chi connectivity index (χ0n) is 28.2. The van der Waals surface area contributed by atoms with Crippen LogP contribution in [-0.2, 0) is 33.5 Å². The van der Waals surface area contributed by atoms with Crippen molar-refractivity contribution in [1.29, 1.82) is 0 Å². The highest BCUT2D eigenvalue weighted by Crippen LogP contribution is 2.39. The summed E-state index contributed by atoms with van der Waals surface area (Å²) in [6.07, 6.45) is 3.44. The summed E-state index contributed by atoms with van der Waals surface area (Å²) in [5.41, 5.74) is 2.53. The normalized spacial score (nSPS) is 24.8. The highest BCUT2D eigenvalue weighted by molar-refractivity contribution is 6.38. The van der Waals surface area contributed by atoms with Gasteiger partial charge in [-0.15, -0.1) is 0 Å². The number of Topliss-reactive ketones (excluding diaryl/α,β-unsaturated/α-hetero) is 1. The topological polar surface area (TPSA) is 164 Å². The molecular weight excluding hydrogens is 625 g/mol. The van der Waals surface area contributed by atoms with Gasteiger partial charge in [0.2, 0.25) is 17.6 Å². The van der Waals surface area contributed by atoms with E-state index in [9.17, 15) is 28.4 Å². The number of alkyl carbamates (subject to hydrolysis) is 1. The first-order valence-corrected chi connectivity index (χ1v) is 16.6. The lowest BCUT2D eigenvalue weighted by molar-refractivity contribution is -0.144. The van der Waals surface area contributed by atoms with Crippen LogP contribution in [0.3, 0.4) is 0 Å². The number of hydroxylamine groups is 1. The number of ketones is 1. The Hall–Kier alpha value is -4.04. The van der Waals surface area contributed by atoms with E-state index in [1.165, 1.54) is 11.0 Å². The lowest BCUT2D eigenvalue weighted by Crippen LogP contribution is -2.59. The van der Waals surface area contributed by atoms with Gasteiger partial charge in [-0.2, -0.15) is 0 Å². The van der Waals surface area contributed by atoms with Gasteiger partial charge in [0.15, 0.2) is 0 Å². The molecule has 3 aliphatic heterocycles. The molecule has 3 fully saturated rings. The van der Waals surface area contributed by atoms with Gasteiger partial charge < -0.3 is 30.3 Å². The number of hydrogen-bond donors (Lipinski definition) is 4. The predicted octanol–water partition coefficient (Wildman–Crippen LogP) is 2.41. The number of ether oxygens (including phenoxy) is 2. The molecule has 1 saturated carbocycles. The number of nitrogens with one attached hydrogen (secondary N) is 4. The Labute approximate surface area is 279 Å². The number of nitrogens with zero attached hydrogens (tertiary/aromatic N) is 1. The molecule has 48 heavy (non-hydrogen) atoms. The molecular formula is C34H46FN5O8. The van der Waals surface area contributed by atoms with Gasteiger partial charge in [-0.1, -0.05) is 34.1 Å². The Balaban J connectivity index is 1.42. The van der Waals surface area contributed by atoms with E-state index in [0.717, 1.165) is 12.8 Å². The van der Waals surface area contributed by atoms with Crippen LogP contribution in [0, 0.1) is 18.2 Å². The Morgan fingerprint density at radius 2 is 1.90 bits per heavy atom. The molecule has 0 radical (unpaired) electrons. The monoisotopic (exact) mass is 671 g/mol. The van der Waals surface area contributed by atoms with Crippen LogP contribution in [0.15, 0.2) is 24.3 Å². The van der Waals surface area contributed by atoms with Crippen molar-refractivity contribution in [3.05, 3.63) is 41.2 Å². The zero-order valence-corrected chi connectivity index (χ0v) is 28.2. The first kappa shape index (κ1) is 35.3. The van der Waals surface area contributed by atoms with Crippen LogP contribution >= 0.6 is 0 Å². The van der Waals surface area contributed by atoms with Crippen molar-refractivity contribution >= 4 is 35.3 Å². The molecule has 2 saturated heterocycles. The molecule has 0 bridgehead atoms. The van der Waals surface area contributed by atoms with Gasteiger partial charge in [0.05, 0.1) is 31.5 Å². The molecule has 1 spiro atoms. The minimum absolute atomic E-state index is 0.00325. The van der Waals surface area contributed by atoms with E-state index in [-0.39, 0.29) is 37.9 Å². The summed E-state index contributed by atoms with van der Waals surface area (Å²) < 4.78 is 24.8. The van der Waals surface area contributed by atoms with Crippen molar-refractivity contribution < 1.29 is 42.7 Å². The van der Waals surface area contributed by atoms with Gasteiger partial charge in [0, 0.05) is 24.4 Å². The van der Waals surface area contributed by atoms with E-state index in [2.05, 4.69) is 21.4 Å². The van der Waals surface area contributed by atoms with Crippen molar-refractivity contribution in [2.24, 2.45) is 5.41 Å². The van der Waals surface area contributed by atoms with Crippen LogP contribution in [0.4, 0.5) is 9.18 Å². The second kappa shape index (κ2) is 14.2. The SMILES string of the molecule is CCC[C@H](NC(=O)[C@@H]1C[C@]2(C=C(c3ccc(F)c(C)c3)NO2)CN1C(=O)[C@@H](NC(=O)O[C@H]1CCOC1)C(C)(C)C)C(=O)C(=O)NC1CC1. The lowest BCUT2D eigenvalue weighted by atomic mass is 9.85. The predicted molar refractivity (Wildman–Crippen MR) is 171 cm³/mol. The van der Waals surface area contributed by atoms with Crippen molar-refractivity contribution in [2.45, 2.75) is 109 Å². The first-order valence-electron chi connectivity index (χ1n) is 16.6. The summed E-state index contributed by atoms with van der Waals surface area (Å²) in [6, 6.07) is 1.24. The van der Waals surface area contributed by atoms with Gasteiger partial charge in [-0.25, -0.2) is 9.18 Å². The molecule has 0 aromatic heterocycles. The van der Waals surface area contributed by atoms with Crippen LogP contribution in [-0.4, -0.2) is 90.1 Å². The smallest absolute Gasteiger partial charge is 0.408 e. The molecule has 0 unspecified atom stereocenters. The summed E-state index contributed by atoms with van der Waals surface area (Å²) in [5, 5.41) is 8.13. The van der Waals surface area contributed by atoms with E-state index in [4.69, 9.17) is 14.3 Å². The van der Waals surface area contributed by atoms with Crippen LogP contribution in [0.5, 0.6) is 0 Å². The Bertz CT molecular complexity index is 1470. The van der Waals surface area contributed by atoms with Gasteiger partial charge in [-0.3, -0.25) is 29.5 Å². The first-order chi connectivity index (χ1) is 22.7. The Kier molecular flexibility index (Phi) is 10.4. The highest BCUT2D eigenvalue weighted by atomic mass is 19.1. The number of hydrogen-bond acceptors (Lipinski definition) is 9. The number of rotatable bonds is 11. The molecule has 14 heteroatoms. The molecule has 4 aliphatic rings.